The molecule has 2 aromatic carbocycles. The Labute approximate surface area is 317 Å². The summed E-state index contributed by atoms with van der Waals surface area (Å²) >= 11 is 18.5. The Kier molecular flexibility index (Phi) is 13.4. The van der Waals surface area contributed by atoms with E-state index in [4.69, 9.17) is 49.4 Å². The van der Waals surface area contributed by atoms with Crippen LogP contribution in [0.15, 0.2) is 36.5 Å². The first kappa shape index (κ1) is 40.4. The van der Waals surface area contributed by atoms with Crippen molar-refractivity contribution in [2.24, 2.45) is 0 Å². The molecule has 15 nitrogen and oxygen atoms in total. The standard InChI is InChI=1S/C33H37Cl3F2N8O7/c1-17-39-33(46(41-17)24-12-19(34)6-7-20(24)35)32-31(52-16-27(50)44(3)9-5-4-8-43(2)26(49)15-48)29(30(51)25(14-47)53-32)45-13-23(40-42-45)18-10-21(37)28(36)22(38)11-18/h6-7,10-13,25,29-32,47-48,51H,4-5,8-9,14-16H2,1-3H3. The molecule has 5 rings (SSSR count). The van der Waals surface area contributed by atoms with Crippen LogP contribution in [0.4, 0.5) is 8.78 Å². The molecular formula is C33H37Cl3F2N8O7. The van der Waals surface area contributed by atoms with Crippen LogP contribution in [0.3, 0.4) is 0 Å². The van der Waals surface area contributed by atoms with Gasteiger partial charge in [-0.05, 0) is 50.1 Å². The van der Waals surface area contributed by atoms with Gasteiger partial charge in [-0.1, -0.05) is 40.0 Å². The van der Waals surface area contributed by atoms with Gasteiger partial charge in [0.15, 0.2) is 5.82 Å². The number of hydrogen-bond donors (Lipinski definition) is 3. The maximum Gasteiger partial charge on any atom is 0.248 e. The van der Waals surface area contributed by atoms with Gasteiger partial charge in [0.05, 0.1) is 23.5 Å². The van der Waals surface area contributed by atoms with E-state index in [9.17, 15) is 28.6 Å². The smallest absolute Gasteiger partial charge is 0.248 e. The lowest BCUT2D eigenvalue weighted by Gasteiger charge is -2.43. The zero-order valence-corrected chi connectivity index (χ0v) is 31.0. The summed E-state index contributed by atoms with van der Waals surface area (Å²) in [5.74, 6) is -2.49. The Balaban J connectivity index is 1.49. The minimum Gasteiger partial charge on any atom is -0.394 e. The van der Waals surface area contributed by atoms with Crippen LogP contribution in [0.2, 0.25) is 15.1 Å². The van der Waals surface area contributed by atoms with Gasteiger partial charge < -0.3 is 34.6 Å². The lowest BCUT2D eigenvalue weighted by Crippen LogP contribution is -2.54. The van der Waals surface area contributed by atoms with Crippen LogP contribution >= 0.6 is 34.8 Å². The largest absolute Gasteiger partial charge is 0.394 e. The summed E-state index contributed by atoms with van der Waals surface area (Å²) in [6.07, 6.45) is -2.88. The zero-order chi connectivity index (χ0) is 38.6. The third-order valence-corrected chi connectivity index (χ3v) is 9.63. The molecule has 0 aliphatic carbocycles. The van der Waals surface area contributed by atoms with Gasteiger partial charge in [0.25, 0.3) is 0 Å². The molecule has 2 aromatic heterocycles. The monoisotopic (exact) mass is 800 g/mol. The SMILES string of the molecule is Cc1nc(C2OC(CO)C(O)C(n3cc(-c4cc(F)c(Cl)c(F)c4)nn3)C2OCC(=O)N(C)CCCCN(C)C(=O)CO)n(-c2cc(Cl)ccc2Cl)n1. The molecule has 0 saturated carbocycles. The summed E-state index contributed by atoms with van der Waals surface area (Å²) in [5, 5.41) is 43.6. The van der Waals surface area contributed by atoms with Crippen molar-refractivity contribution in [3.8, 4) is 16.9 Å². The molecule has 286 valence electrons. The normalized spacial score (nSPS) is 20.1. The molecular weight excluding hydrogens is 765 g/mol. The van der Waals surface area contributed by atoms with E-state index >= 15 is 0 Å². The number of amides is 2. The Bertz CT molecular complexity index is 1910. The number of rotatable bonds is 14. The van der Waals surface area contributed by atoms with E-state index in [1.165, 1.54) is 25.4 Å². The summed E-state index contributed by atoms with van der Waals surface area (Å²) in [6.45, 7) is 0.545. The fraction of sp³-hybridized carbons (Fsp3) is 0.455. The van der Waals surface area contributed by atoms with E-state index in [1.54, 1.807) is 39.2 Å². The first-order valence-corrected chi connectivity index (χ1v) is 17.5. The predicted octanol–water partition coefficient (Wildman–Crippen LogP) is 3.18. The molecule has 0 bridgehead atoms. The predicted molar refractivity (Wildman–Crippen MR) is 188 cm³/mol. The van der Waals surface area contributed by atoms with Crippen molar-refractivity contribution < 1.29 is 43.2 Å². The van der Waals surface area contributed by atoms with Crippen molar-refractivity contribution in [2.75, 3.05) is 47.0 Å². The number of benzene rings is 2. The van der Waals surface area contributed by atoms with Crippen LogP contribution in [0.5, 0.6) is 0 Å². The lowest BCUT2D eigenvalue weighted by atomic mass is 9.91. The summed E-state index contributed by atoms with van der Waals surface area (Å²) < 4.78 is 43.8. The molecule has 3 N–H and O–H groups in total. The average Bonchev–Trinajstić information content (AvgIpc) is 3.78. The van der Waals surface area contributed by atoms with Crippen molar-refractivity contribution in [2.45, 2.75) is 50.2 Å². The molecule has 0 spiro atoms. The zero-order valence-electron chi connectivity index (χ0n) is 28.7. The van der Waals surface area contributed by atoms with Gasteiger partial charge in [0.2, 0.25) is 11.8 Å². The number of nitrogens with zero attached hydrogens (tertiary/aromatic N) is 8. The number of likely N-dealkylation sites (N-methyl/N-ethyl adjacent to an activating group) is 2. The highest BCUT2D eigenvalue weighted by Crippen LogP contribution is 2.41. The molecule has 2 amide bonds. The number of aliphatic hydroxyl groups is 3. The fourth-order valence-corrected chi connectivity index (χ4v) is 6.31. The topological polar surface area (TPSA) is 181 Å². The molecule has 0 radical (unpaired) electrons. The molecule has 20 heteroatoms. The summed E-state index contributed by atoms with van der Waals surface area (Å²) in [7, 11) is 3.15. The minimum atomic E-state index is -1.52. The maximum atomic E-state index is 14.4. The Hall–Kier alpha value is -3.81. The van der Waals surface area contributed by atoms with Gasteiger partial charge in [-0.25, -0.2) is 23.1 Å². The van der Waals surface area contributed by atoms with Gasteiger partial charge in [-0.3, -0.25) is 9.59 Å². The molecule has 1 saturated heterocycles. The Morgan fingerprint density at radius 3 is 2.32 bits per heavy atom. The number of carbonyl (C=O) groups excluding carboxylic acids is 2. The second-order valence-corrected chi connectivity index (χ2v) is 13.6. The fourth-order valence-electron chi connectivity index (χ4n) is 5.84. The first-order chi connectivity index (χ1) is 25.2. The average molecular weight is 802 g/mol. The molecule has 3 heterocycles. The molecule has 5 unspecified atom stereocenters. The Morgan fingerprint density at radius 2 is 1.68 bits per heavy atom. The highest BCUT2D eigenvalue weighted by molar-refractivity contribution is 6.34. The lowest BCUT2D eigenvalue weighted by molar-refractivity contribution is -0.224. The molecule has 1 aliphatic heterocycles. The van der Waals surface area contributed by atoms with Crippen molar-refractivity contribution in [3.05, 3.63) is 74.9 Å². The number of aromatic nitrogens is 6. The second kappa shape index (κ2) is 17.6. The van der Waals surface area contributed by atoms with Gasteiger partial charge >= 0.3 is 0 Å². The van der Waals surface area contributed by atoms with Gasteiger partial charge in [0, 0.05) is 37.8 Å². The maximum absolute atomic E-state index is 14.4. The van der Waals surface area contributed by atoms with Crippen molar-refractivity contribution in [3.63, 3.8) is 0 Å². The van der Waals surface area contributed by atoms with Crippen LogP contribution in [0.1, 0.15) is 36.6 Å². The van der Waals surface area contributed by atoms with E-state index in [0.717, 1.165) is 12.1 Å². The number of aryl methyl sites for hydroxylation is 1. The van der Waals surface area contributed by atoms with E-state index in [0.29, 0.717) is 42.5 Å². The third kappa shape index (κ3) is 9.12. The van der Waals surface area contributed by atoms with E-state index in [1.807, 2.05) is 0 Å². The van der Waals surface area contributed by atoms with Gasteiger partial charge in [0.1, 0.15) is 71.8 Å². The molecule has 1 aliphatic rings. The first-order valence-electron chi connectivity index (χ1n) is 16.3. The van der Waals surface area contributed by atoms with Crippen LogP contribution in [-0.2, 0) is 19.1 Å². The Morgan fingerprint density at radius 1 is 1.02 bits per heavy atom. The van der Waals surface area contributed by atoms with Crippen LogP contribution in [-0.4, -0.2) is 132 Å². The molecule has 4 aromatic rings. The van der Waals surface area contributed by atoms with Crippen molar-refractivity contribution in [1.29, 1.82) is 0 Å². The summed E-state index contributed by atoms with van der Waals surface area (Å²) in [4.78, 5) is 32.4. The molecule has 1 fully saturated rings. The van der Waals surface area contributed by atoms with E-state index < -0.39 is 78.7 Å². The number of aliphatic hydroxyl groups excluding tert-OH is 3. The number of unbranched alkanes of at least 4 members (excludes halogenated alkanes) is 1. The number of hydrogen-bond acceptors (Lipinski definition) is 11. The summed E-state index contributed by atoms with van der Waals surface area (Å²) in [6, 6.07) is 5.43. The minimum absolute atomic E-state index is 0.000356. The summed E-state index contributed by atoms with van der Waals surface area (Å²) in [5.41, 5.74) is 0.345. The van der Waals surface area contributed by atoms with Gasteiger partial charge in [-0.15, -0.1) is 5.10 Å². The van der Waals surface area contributed by atoms with E-state index in [-0.39, 0.29) is 22.1 Å². The molecule has 5 atom stereocenters. The van der Waals surface area contributed by atoms with Crippen LogP contribution < -0.4 is 0 Å². The number of halogens is 5. The molecule has 53 heavy (non-hydrogen) atoms. The number of carbonyl (C=O) groups is 2. The second-order valence-electron chi connectivity index (χ2n) is 12.4. The number of ether oxygens (including phenoxy) is 2. The van der Waals surface area contributed by atoms with Gasteiger partial charge in [-0.2, -0.15) is 5.10 Å². The van der Waals surface area contributed by atoms with Crippen LogP contribution in [0.25, 0.3) is 16.9 Å². The quantitative estimate of drug-likeness (QED) is 0.126. The van der Waals surface area contributed by atoms with E-state index in [2.05, 4.69) is 20.4 Å². The highest BCUT2D eigenvalue weighted by Gasteiger charge is 2.50. The van der Waals surface area contributed by atoms with Crippen molar-refractivity contribution >= 4 is 46.6 Å². The van der Waals surface area contributed by atoms with Crippen molar-refractivity contribution in [1.82, 2.24) is 39.6 Å². The highest BCUT2D eigenvalue weighted by atomic mass is 35.5. The third-order valence-electron chi connectivity index (χ3n) is 8.71. The van der Waals surface area contributed by atoms with Crippen LogP contribution in [0, 0.1) is 18.6 Å².